The van der Waals surface area contributed by atoms with Gasteiger partial charge in [0.25, 0.3) is 24.6 Å². The van der Waals surface area contributed by atoms with Crippen LogP contribution in [0.4, 0.5) is 9.52 Å². The molecule has 2 aliphatic rings. The number of carbonyl (C=O) groups is 4. The lowest BCUT2D eigenvalue weighted by Gasteiger charge is -2.50. The van der Waals surface area contributed by atoms with Crippen molar-refractivity contribution >= 4 is 57.8 Å². The van der Waals surface area contributed by atoms with E-state index in [2.05, 4.69) is 24.7 Å². The highest BCUT2D eigenvalue weighted by Crippen LogP contribution is 2.40. The molecule has 18 heteroatoms. The molecule has 1 aromatic rings. The van der Waals surface area contributed by atoms with Gasteiger partial charge in [-0.1, -0.05) is 11.2 Å². The van der Waals surface area contributed by atoms with E-state index in [1.807, 2.05) is 0 Å². The topological polar surface area (TPSA) is 226 Å². The van der Waals surface area contributed by atoms with Crippen molar-refractivity contribution in [3.05, 3.63) is 29.2 Å². The Bertz CT molecular complexity index is 1220. The number of hydrogen-bond acceptors (Lipinski definition) is 13. The quantitative estimate of drug-likeness (QED) is 0.0837. The summed E-state index contributed by atoms with van der Waals surface area (Å²) >= 11 is 1.95. The number of β-lactam (4-membered cyclic amide) rings is 1. The lowest BCUT2D eigenvalue weighted by Crippen LogP contribution is -2.71. The number of allylic oxidation sites excluding steroid dienone is 1. The Morgan fingerprint density at radius 3 is 2.71 bits per heavy atom. The SMILES string of the molecule is C[N+](C)(C/C=C/C1=C(C(=O)[O-])N2C(=O)C(NC(=O)/C(=N\OCF)c3nsc(N)n3)C2SC1)[C@H](CO)C(N)=O. The van der Waals surface area contributed by atoms with E-state index in [0.29, 0.717) is 0 Å². The van der Waals surface area contributed by atoms with Crippen LogP contribution in [0.5, 0.6) is 0 Å². The van der Waals surface area contributed by atoms with Gasteiger partial charge in [0.2, 0.25) is 11.5 Å². The number of nitrogens with one attached hydrogen (secondary N) is 1. The third-order valence-electron chi connectivity index (χ3n) is 5.79. The van der Waals surface area contributed by atoms with Gasteiger partial charge in [0, 0.05) is 17.3 Å². The number of oxime groups is 1. The van der Waals surface area contributed by atoms with Crippen LogP contribution in [0.1, 0.15) is 5.82 Å². The molecule has 1 aromatic heterocycles. The summed E-state index contributed by atoms with van der Waals surface area (Å²) in [5, 5.41) is 26.5. The van der Waals surface area contributed by atoms with Gasteiger partial charge < -0.3 is 41.1 Å². The molecule has 38 heavy (non-hydrogen) atoms. The number of aromatic nitrogens is 2. The number of quaternary nitrogens is 1. The first-order chi connectivity index (χ1) is 17.9. The van der Waals surface area contributed by atoms with Crippen molar-refractivity contribution < 1.29 is 43.1 Å². The Kier molecular flexibility index (Phi) is 9.02. The largest absolute Gasteiger partial charge is 0.543 e. The Labute approximate surface area is 223 Å². The van der Waals surface area contributed by atoms with E-state index < -0.39 is 60.3 Å². The van der Waals surface area contributed by atoms with Crippen molar-refractivity contribution in [1.82, 2.24) is 19.6 Å². The zero-order chi connectivity index (χ0) is 28.2. The van der Waals surface area contributed by atoms with Gasteiger partial charge in [-0.2, -0.15) is 9.36 Å². The number of primary amides is 1. The predicted octanol–water partition coefficient (Wildman–Crippen LogP) is -3.35. The van der Waals surface area contributed by atoms with Crippen LogP contribution in [0.3, 0.4) is 0 Å². The molecule has 0 spiro atoms. The van der Waals surface area contributed by atoms with Crippen LogP contribution < -0.4 is 21.9 Å². The lowest BCUT2D eigenvalue weighted by atomic mass is 10.0. The van der Waals surface area contributed by atoms with Crippen LogP contribution in [0, 0.1) is 0 Å². The lowest BCUT2D eigenvalue weighted by molar-refractivity contribution is -0.900. The van der Waals surface area contributed by atoms with Gasteiger partial charge in [-0.05, 0) is 11.6 Å². The number of thioether (sulfide) groups is 1. The number of hydrogen-bond donors (Lipinski definition) is 4. The number of likely N-dealkylation sites (N-methyl/N-ethyl adjacent to an activating group) is 1. The molecule has 2 aliphatic heterocycles. The smallest absolute Gasteiger partial charge is 0.278 e. The minimum Gasteiger partial charge on any atom is -0.543 e. The van der Waals surface area contributed by atoms with E-state index in [1.165, 1.54) is 17.8 Å². The number of aliphatic hydroxyl groups excluding tert-OH is 1. The van der Waals surface area contributed by atoms with Crippen molar-refractivity contribution in [1.29, 1.82) is 0 Å². The van der Waals surface area contributed by atoms with Crippen LogP contribution in [-0.2, 0) is 24.0 Å². The molecule has 15 nitrogen and oxygen atoms in total. The van der Waals surface area contributed by atoms with Crippen molar-refractivity contribution in [3.8, 4) is 0 Å². The fourth-order valence-electron chi connectivity index (χ4n) is 3.82. The van der Waals surface area contributed by atoms with E-state index in [9.17, 15) is 33.8 Å². The molecule has 3 amide bonds. The van der Waals surface area contributed by atoms with E-state index in [4.69, 9.17) is 11.5 Å². The molecule has 6 N–H and O–H groups in total. The minimum atomic E-state index is -1.59. The summed E-state index contributed by atoms with van der Waals surface area (Å²) in [6.07, 6.45) is 3.11. The van der Waals surface area contributed by atoms with Gasteiger partial charge in [-0.3, -0.25) is 19.3 Å². The fraction of sp³-hybridized carbons (Fsp3) is 0.450. The molecule has 0 aromatic carbocycles. The first-order valence-corrected chi connectivity index (χ1v) is 12.7. The Morgan fingerprint density at radius 1 is 1.45 bits per heavy atom. The Balaban J connectivity index is 1.77. The van der Waals surface area contributed by atoms with E-state index >= 15 is 0 Å². The first kappa shape index (κ1) is 29.0. The number of nitrogens with two attached hydrogens (primary N) is 2. The molecular weight excluding hydrogens is 547 g/mol. The molecule has 0 radical (unpaired) electrons. The van der Waals surface area contributed by atoms with Crippen molar-refractivity contribution in [2.75, 3.05) is 45.6 Å². The number of carbonyl (C=O) groups excluding carboxylic acids is 4. The summed E-state index contributed by atoms with van der Waals surface area (Å²) in [7, 11) is 3.35. The summed E-state index contributed by atoms with van der Waals surface area (Å²) in [5.74, 6) is -4.03. The van der Waals surface area contributed by atoms with E-state index in [0.717, 1.165) is 16.4 Å². The summed E-state index contributed by atoms with van der Waals surface area (Å²) in [6.45, 7) is -1.58. The number of carboxylic acids is 1. The highest BCUT2D eigenvalue weighted by molar-refractivity contribution is 8.00. The van der Waals surface area contributed by atoms with Crippen molar-refractivity contribution in [2.24, 2.45) is 10.9 Å². The molecular formula is C20H25FN8O7S2. The monoisotopic (exact) mass is 572 g/mol. The number of aliphatic hydroxyl groups is 1. The van der Waals surface area contributed by atoms with Gasteiger partial charge in [0.1, 0.15) is 18.0 Å². The number of carboxylic acid groups (broad SMARTS) is 1. The molecule has 1 fully saturated rings. The van der Waals surface area contributed by atoms with Gasteiger partial charge >= 0.3 is 0 Å². The summed E-state index contributed by atoms with van der Waals surface area (Å²) in [6, 6.07) is -2.00. The maximum atomic E-state index is 12.9. The zero-order valence-electron chi connectivity index (χ0n) is 20.2. The van der Waals surface area contributed by atoms with Crippen LogP contribution in [-0.4, -0.2) is 111 Å². The number of amides is 3. The van der Waals surface area contributed by atoms with Gasteiger partial charge in [-0.25, -0.2) is 4.39 Å². The highest BCUT2D eigenvalue weighted by Gasteiger charge is 2.53. The highest BCUT2D eigenvalue weighted by atomic mass is 32.2. The predicted molar refractivity (Wildman–Crippen MR) is 131 cm³/mol. The summed E-state index contributed by atoms with van der Waals surface area (Å²) in [4.78, 5) is 58.3. The van der Waals surface area contributed by atoms with Crippen molar-refractivity contribution in [2.45, 2.75) is 17.5 Å². The molecule has 3 atom stereocenters. The van der Waals surface area contributed by atoms with Crippen molar-refractivity contribution in [3.63, 3.8) is 0 Å². The fourth-order valence-corrected chi connectivity index (χ4v) is 5.58. The number of nitrogens with zero attached hydrogens (tertiary/aromatic N) is 5. The summed E-state index contributed by atoms with van der Waals surface area (Å²) < 4.78 is 16.3. The van der Waals surface area contributed by atoms with Crippen LogP contribution in [0.2, 0.25) is 0 Å². The molecule has 0 saturated carbocycles. The molecule has 2 unspecified atom stereocenters. The molecule has 3 heterocycles. The number of anilines is 1. The average molecular weight is 573 g/mol. The first-order valence-electron chi connectivity index (χ1n) is 10.9. The van der Waals surface area contributed by atoms with Gasteiger partial charge in [-0.15, -0.1) is 11.8 Å². The normalized spacial score (nSPS) is 20.7. The van der Waals surface area contributed by atoms with E-state index in [-0.39, 0.29) is 39.0 Å². The van der Waals surface area contributed by atoms with Crippen LogP contribution in [0.15, 0.2) is 28.6 Å². The zero-order valence-corrected chi connectivity index (χ0v) is 21.8. The molecule has 0 aliphatic carbocycles. The molecule has 1 saturated heterocycles. The van der Waals surface area contributed by atoms with Gasteiger partial charge in [0.05, 0.1) is 32.3 Å². The second-order valence-electron chi connectivity index (χ2n) is 8.62. The standard InChI is InChI=1S/C20H25FN8O7S2/c1-29(2,10(6-30)14(22)31)5-3-4-9-7-37-18-12(17(33)28(18)13(9)19(34)35)24-16(32)11(26-36-8-21)15-25-20(23)38-27-15/h3-4,10,12,18,30H,5-8H2,1-2H3,(H5-,22,23,24,25,27,31,32,34,35)/b4-3+,26-11-/t10-,12?,18?/m1/s1. The number of halogens is 1. The molecule has 206 valence electrons. The molecule has 3 rings (SSSR count). The second-order valence-corrected chi connectivity index (χ2v) is 10.5. The number of aliphatic carboxylic acids is 1. The Hall–Kier alpha value is -3.61. The average Bonchev–Trinajstić information content (AvgIpc) is 3.27. The summed E-state index contributed by atoms with van der Waals surface area (Å²) in [5.41, 5.74) is 10.3. The number of fused-ring (bicyclic) bond motifs is 1. The molecule has 0 bridgehead atoms. The minimum absolute atomic E-state index is 0.0122. The Morgan fingerprint density at radius 2 is 2.16 bits per heavy atom. The number of rotatable bonds is 12. The third-order valence-corrected chi connectivity index (χ3v) is 7.64. The van der Waals surface area contributed by atoms with Gasteiger partial charge in [0.15, 0.2) is 11.2 Å². The van der Waals surface area contributed by atoms with Crippen LogP contribution in [0.25, 0.3) is 0 Å². The second kappa shape index (κ2) is 11.8. The number of nitrogen functional groups attached to an aromatic ring is 1. The maximum Gasteiger partial charge on any atom is 0.278 e. The van der Waals surface area contributed by atoms with E-state index in [1.54, 1.807) is 20.2 Å². The maximum absolute atomic E-state index is 12.9. The van der Waals surface area contributed by atoms with Crippen LogP contribution >= 0.6 is 23.3 Å². The number of alkyl halides is 1. The third kappa shape index (κ3) is 5.93.